The third-order valence-electron chi connectivity index (χ3n) is 1.34. The maximum Gasteiger partial charge on any atom is 0.115 e. The SMILES string of the molecule is CC.CC.CC.CCN.CCc1ccc(O)cc1. The van der Waals surface area contributed by atoms with E-state index in [1.807, 2.05) is 60.6 Å². The predicted molar refractivity (Wildman–Crippen MR) is 86.3 cm³/mol. The normalized spacial score (nSPS) is 6.72. The molecular formula is C16H35NO. The molecule has 1 aromatic rings. The summed E-state index contributed by atoms with van der Waals surface area (Å²) in [6, 6.07) is 7.27. The minimum absolute atomic E-state index is 0.340. The first kappa shape index (κ1) is 25.7. The molecular weight excluding hydrogens is 222 g/mol. The zero-order chi connectivity index (χ0) is 15.4. The summed E-state index contributed by atoms with van der Waals surface area (Å²) in [5.74, 6) is 0.340. The average molecular weight is 257 g/mol. The second kappa shape index (κ2) is 29.7. The monoisotopic (exact) mass is 257 g/mol. The van der Waals surface area contributed by atoms with Crippen LogP contribution in [-0.2, 0) is 6.42 Å². The van der Waals surface area contributed by atoms with E-state index in [-0.39, 0.29) is 0 Å². The molecule has 0 amide bonds. The van der Waals surface area contributed by atoms with E-state index < -0.39 is 0 Å². The summed E-state index contributed by atoms with van der Waals surface area (Å²) in [5, 5.41) is 8.85. The highest BCUT2D eigenvalue weighted by Gasteiger charge is 1.86. The van der Waals surface area contributed by atoms with Gasteiger partial charge in [0.15, 0.2) is 0 Å². The first-order valence-electron chi connectivity index (χ1n) is 7.22. The Morgan fingerprint density at radius 1 is 0.833 bits per heavy atom. The second-order valence-corrected chi connectivity index (χ2v) is 2.43. The number of hydrogen-bond acceptors (Lipinski definition) is 2. The molecule has 0 aromatic heterocycles. The summed E-state index contributed by atoms with van der Waals surface area (Å²) in [6.45, 7) is 16.7. The Morgan fingerprint density at radius 2 is 1.11 bits per heavy atom. The van der Waals surface area contributed by atoms with Crippen LogP contribution >= 0.6 is 0 Å². The number of aryl methyl sites for hydroxylation is 1. The lowest BCUT2D eigenvalue weighted by molar-refractivity contribution is 0.475. The van der Waals surface area contributed by atoms with E-state index in [1.165, 1.54) is 5.56 Å². The van der Waals surface area contributed by atoms with Gasteiger partial charge in [-0.25, -0.2) is 0 Å². The average Bonchev–Trinajstić information content (AvgIpc) is 2.47. The number of phenols is 1. The van der Waals surface area contributed by atoms with Crippen molar-refractivity contribution in [1.82, 2.24) is 0 Å². The van der Waals surface area contributed by atoms with Gasteiger partial charge in [0.25, 0.3) is 0 Å². The summed E-state index contributed by atoms with van der Waals surface area (Å²) >= 11 is 0. The van der Waals surface area contributed by atoms with Gasteiger partial charge in [-0.15, -0.1) is 0 Å². The topological polar surface area (TPSA) is 46.2 Å². The zero-order valence-corrected chi connectivity index (χ0v) is 13.7. The minimum Gasteiger partial charge on any atom is -0.508 e. The van der Waals surface area contributed by atoms with Crippen molar-refractivity contribution in [3.8, 4) is 5.75 Å². The highest BCUT2D eigenvalue weighted by molar-refractivity contribution is 5.25. The Kier molecular flexibility index (Phi) is 42.5. The van der Waals surface area contributed by atoms with Crippen molar-refractivity contribution in [3.63, 3.8) is 0 Å². The molecule has 110 valence electrons. The molecule has 1 aromatic carbocycles. The van der Waals surface area contributed by atoms with Crippen LogP contribution in [0.3, 0.4) is 0 Å². The van der Waals surface area contributed by atoms with Gasteiger partial charge in [-0.2, -0.15) is 0 Å². The van der Waals surface area contributed by atoms with Gasteiger partial charge in [-0.05, 0) is 30.7 Å². The fourth-order valence-electron chi connectivity index (χ4n) is 0.732. The molecule has 0 aliphatic rings. The number of phenolic OH excluding ortho intramolecular Hbond substituents is 1. The zero-order valence-electron chi connectivity index (χ0n) is 13.7. The molecule has 0 unspecified atom stereocenters. The smallest absolute Gasteiger partial charge is 0.115 e. The van der Waals surface area contributed by atoms with Crippen LogP contribution in [0.25, 0.3) is 0 Å². The molecule has 0 aliphatic carbocycles. The van der Waals surface area contributed by atoms with Crippen molar-refractivity contribution in [3.05, 3.63) is 29.8 Å². The number of benzene rings is 1. The second-order valence-electron chi connectivity index (χ2n) is 2.43. The first-order chi connectivity index (χ1) is 8.74. The van der Waals surface area contributed by atoms with Crippen LogP contribution in [0.5, 0.6) is 5.75 Å². The van der Waals surface area contributed by atoms with Gasteiger partial charge in [-0.3, -0.25) is 0 Å². The van der Waals surface area contributed by atoms with E-state index in [0.717, 1.165) is 13.0 Å². The highest BCUT2D eigenvalue weighted by atomic mass is 16.3. The van der Waals surface area contributed by atoms with Crippen LogP contribution in [0.15, 0.2) is 24.3 Å². The highest BCUT2D eigenvalue weighted by Crippen LogP contribution is 2.09. The number of nitrogens with two attached hydrogens (primary N) is 1. The fourth-order valence-corrected chi connectivity index (χ4v) is 0.732. The van der Waals surface area contributed by atoms with Gasteiger partial charge in [-0.1, -0.05) is 67.5 Å². The third-order valence-corrected chi connectivity index (χ3v) is 1.34. The van der Waals surface area contributed by atoms with Crippen LogP contribution < -0.4 is 5.73 Å². The molecule has 0 saturated heterocycles. The van der Waals surface area contributed by atoms with E-state index in [0.29, 0.717) is 5.75 Å². The van der Waals surface area contributed by atoms with Crippen molar-refractivity contribution in [2.75, 3.05) is 6.54 Å². The van der Waals surface area contributed by atoms with Crippen molar-refractivity contribution in [2.24, 2.45) is 5.73 Å². The maximum absolute atomic E-state index is 8.85. The molecule has 0 saturated carbocycles. The molecule has 0 heterocycles. The van der Waals surface area contributed by atoms with E-state index in [4.69, 9.17) is 10.8 Å². The molecule has 0 radical (unpaired) electrons. The van der Waals surface area contributed by atoms with Crippen LogP contribution in [-0.4, -0.2) is 11.7 Å². The maximum atomic E-state index is 8.85. The molecule has 18 heavy (non-hydrogen) atoms. The van der Waals surface area contributed by atoms with Crippen molar-refractivity contribution in [1.29, 1.82) is 0 Å². The Bertz CT molecular complexity index is 195. The lowest BCUT2D eigenvalue weighted by Gasteiger charge is -1.93. The third kappa shape index (κ3) is 24.3. The molecule has 2 nitrogen and oxygen atoms in total. The molecule has 0 spiro atoms. The summed E-state index contributed by atoms with van der Waals surface area (Å²) in [5.41, 5.74) is 6.10. The number of aromatic hydroxyl groups is 1. The lowest BCUT2D eigenvalue weighted by atomic mass is 10.2. The van der Waals surface area contributed by atoms with Crippen molar-refractivity contribution in [2.45, 2.75) is 61.8 Å². The van der Waals surface area contributed by atoms with E-state index in [2.05, 4.69) is 6.92 Å². The van der Waals surface area contributed by atoms with Crippen molar-refractivity contribution < 1.29 is 5.11 Å². The Balaban J connectivity index is -0.0000000925. The predicted octanol–water partition coefficient (Wildman–Crippen LogP) is 5.00. The molecule has 3 N–H and O–H groups in total. The molecule has 0 aliphatic heterocycles. The minimum atomic E-state index is 0.340. The summed E-state index contributed by atoms with van der Waals surface area (Å²) in [4.78, 5) is 0. The summed E-state index contributed by atoms with van der Waals surface area (Å²) in [6.07, 6.45) is 1.03. The lowest BCUT2D eigenvalue weighted by Crippen LogP contribution is -1.87. The Morgan fingerprint density at radius 3 is 1.33 bits per heavy atom. The Labute approximate surface area is 115 Å². The first-order valence-corrected chi connectivity index (χ1v) is 7.22. The van der Waals surface area contributed by atoms with Gasteiger partial charge in [0.05, 0.1) is 0 Å². The number of hydrogen-bond donors (Lipinski definition) is 2. The van der Waals surface area contributed by atoms with E-state index in [1.54, 1.807) is 12.1 Å². The Hall–Kier alpha value is -1.02. The summed E-state index contributed by atoms with van der Waals surface area (Å²) < 4.78 is 0. The molecule has 2 heteroatoms. The fraction of sp³-hybridized carbons (Fsp3) is 0.625. The van der Waals surface area contributed by atoms with Crippen LogP contribution in [0, 0.1) is 0 Å². The van der Waals surface area contributed by atoms with Crippen molar-refractivity contribution >= 4 is 0 Å². The van der Waals surface area contributed by atoms with E-state index in [9.17, 15) is 0 Å². The van der Waals surface area contributed by atoms with Gasteiger partial charge < -0.3 is 10.8 Å². The quantitative estimate of drug-likeness (QED) is 0.744. The van der Waals surface area contributed by atoms with Crippen LogP contribution in [0.2, 0.25) is 0 Å². The summed E-state index contributed by atoms with van der Waals surface area (Å²) in [7, 11) is 0. The van der Waals surface area contributed by atoms with Gasteiger partial charge >= 0.3 is 0 Å². The molecule has 0 atom stereocenters. The number of rotatable bonds is 1. The molecule has 0 bridgehead atoms. The van der Waals surface area contributed by atoms with Crippen LogP contribution in [0.4, 0.5) is 0 Å². The van der Waals surface area contributed by atoms with Gasteiger partial charge in [0, 0.05) is 0 Å². The standard InChI is InChI=1S/C8H10O.C2H7N.3C2H6/c1-2-7-3-5-8(9)6-4-7;1-2-3;3*1-2/h3-6,9H,2H2,1H3;2-3H2,1H3;3*1-2H3. The molecule has 0 fully saturated rings. The largest absolute Gasteiger partial charge is 0.508 e. The van der Waals surface area contributed by atoms with Gasteiger partial charge in [0.2, 0.25) is 0 Å². The van der Waals surface area contributed by atoms with E-state index >= 15 is 0 Å². The van der Waals surface area contributed by atoms with Gasteiger partial charge in [0.1, 0.15) is 5.75 Å². The molecule has 1 rings (SSSR count). The van der Waals surface area contributed by atoms with Crippen LogP contribution in [0.1, 0.15) is 61.0 Å².